The third-order valence-electron chi connectivity index (χ3n) is 11.5. The minimum atomic E-state index is -0.421. The van der Waals surface area contributed by atoms with Crippen molar-refractivity contribution in [2.75, 3.05) is 26.4 Å². The van der Waals surface area contributed by atoms with E-state index in [1.54, 1.807) is 11.5 Å². The predicted molar refractivity (Wildman–Crippen MR) is 238 cm³/mol. The van der Waals surface area contributed by atoms with E-state index in [2.05, 4.69) is 13.8 Å². The molecular weight excluding hydrogens is 884 g/mol. The van der Waals surface area contributed by atoms with E-state index < -0.39 is 11.9 Å². The van der Waals surface area contributed by atoms with E-state index in [4.69, 9.17) is 14.2 Å². The van der Waals surface area contributed by atoms with Gasteiger partial charge in [-0.1, -0.05) is 181 Å². The second kappa shape index (κ2) is 38.6. The molecule has 2 aliphatic rings. The van der Waals surface area contributed by atoms with Gasteiger partial charge < -0.3 is 48.2 Å². The van der Waals surface area contributed by atoms with Crippen molar-refractivity contribution in [3.05, 3.63) is 46.0 Å². The number of carbonyl (C=O) groups excluding carboxylic acids is 3. The molecule has 0 aromatic heterocycles. The summed E-state index contributed by atoms with van der Waals surface area (Å²) in [5, 5.41) is 1.89. The Labute approximate surface area is 387 Å². The van der Waals surface area contributed by atoms with Crippen molar-refractivity contribution in [2.24, 2.45) is 0 Å². The Balaban J connectivity index is 0.0000174. The molecule has 0 bridgehead atoms. The van der Waals surface area contributed by atoms with Gasteiger partial charge in [0, 0.05) is 31.4 Å². The zero-order valence-electron chi connectivity index (χ0n) is 38.8. The highest BCUT2D eigenvalue weighted by atomic mass is 79.9. The molecule has 0 saturated heterocycles. The van der Waals surface area contributed by atoms with Crippen molar-refractivity contribution < 1.29 is 72.4 Å². The van der Waals surface area contributed by atoms with Crippen molar-refractivity contribution in [1.29, 1.82) is 0 Å². The molecular formula is C50H86Br2N2O6. The fraction of sp³-hybridized carbons (Fsp3) is 0.760. The number of rotatable bonds is 35. The second-order valence-electron chi connectivity index (χ2n) is 16.8. The van der Waals surface area contributed by atoms with Gasteiger partial charge in [-0.25, -0.2) is 14.4 Å². The van der Waals surface area contributed by atoms with Crippen LogP contribution in [0.15, 0.2) is 46.0 Å². The quantitative estimate of drug-likeness (QED) is 0.0361. The Morgan fingerprint density at radius 3 is 1.23 bits per heavy atom. The van der Waals surface area contributed by atoms with Crippen LogP contribution in [0, 0.1) is 0 Å². The first-order chi connectivity index (χ1) is 28.3. The highest BCUT2D eigenvalue weighted by Gasteiger charge is 2.38. The van der Waals surface area contributed by atoms with E-state index in [9.17, 15) is 14.4 Å². The van der Waals surface area contributed by atoms with Crippen molar-refractivity contribution in [3.63, 3.8) is 0 Å². The normalized spacial score (nSPS) is 13.8. The number of quaternary nitrogens is 1. The average molecular weight is 971 g/mol. The number of carbonyl (C=O) groups is 3. The van der Waals surface area contributed by atoms with Gasteiger partial charge in [0.15, 0.2) is 12.4 Å². The van der Waals surface area contributed by atoms with Crippen LogP contribution in [0.3, 0.4) is 0 Å². The summed E-state index contributed by atoms with van der Waals surface area (Å²) in [6.45, 7) is 11.2. The summed E-state index contributed by atoms with van der Waals surface area (Å²) in [6.07, 6.45) is 41.6. The van der Waals surface area contributed by atoms with Gasteiger partial charge >= 0.3 is 17.9 Å². The molecule has 0 saturated carbocycles. The number of hydrogen-bond donors (Lipinski definition) is 1. The molecule has 0 aliphatic carbocycles. The van der Waals surface area contributed by atoms with Crippen molar-refractivity contribution in [2.45, 2.75) is 221 Å². The van der Waals surface area contributed by atoms with E-state index >= 15 is 0 Å². The number of hydrogen-bond acceptors (Lipinski definition) is 6. The molecule has 60 heavy (non-hydrogen) atoms. The summed E-state index contributed by atoms with van der Waals surface area (Å²) in [5.41, 5.74) is 3.64. The third kappa shape index (κ3) is 25.8. The number of nitrogens with zero attached hydrogens (tertiary/aromatic N) is 1. The lowest BCUT2D eigenvalue weighted by molar-refractivity contribution is -0.556. The van der Waals surface area contributed by atoms with Crippen LogP contribution in [0.4, 0.5) is 0 Å². The van der Waals surface area contributed by atoms with Gasteiger partial charge in [0.2, 0.25) is 6.54 Å². The summed E-state index contributed by atoms with van der Waals surface area (Å²) < 4.78 is 18.8. The van der Waals surface area contributed by atoms with Gasteiger partial charge in [0.05, 0.1) is 19.8 Å². The SMILES string of the molecule is CCCCCCCCCCCCCCCCOC(=O)C1=C(C)[NH2+]C(C)=C(C(=O)OCCCCCCCCCCCCCCCC)C1=C1C=[N+](CC(=O)OCC)C=CC1.[Br-].[Br-]. The Bertz CT molecular complexity index is 1280. The van der Waals surface area contributed by atoms with Crippen LogP contribution in [0.1, 0.15) is 221 Å². The first-order valence-electron chi connectivity index (χ1n) is 24.1. The topological polar surface area (TPSA) is 98.5 Å². The highest BCUT2D eigenvalue weighted by molar-refractivity contribution is 6.06. The molecule has 0 amide bonds. The second-order valence-corrected chi connectivity index (χ2v) is 16.8. The van der Waals surface area contributed by atoms with Gasteiger partial charge in [-0.3, -0.25) is 5.32 Å². The maximum Gasteiger partial charge on any atom is 0.372 e. The van der Waals surface area contributed by atoms with Crippen LogP contribution in [-0.4, -0.2) is 55.1 Å². The number of esters is 3. The molecule has 2 aliphatic heterocycles. The molecule has 2 N–H and O–H groups in total. The fourth-order valence-corrected chi connectivity index (χ4v) is 8.13. The molecule has 0 aromatic rings. The summed E-state index contributed by atoms with van der Waals surface area (Å²) in [4.78, 5) is 40.2. The zero-order chi connectivity index (χ0) is 42.1. The Morgan fingerprint density at radius 2 is 0.883 bits per heavy atom. The minimum Gasteiger partial charge on any atom is -1.00 e. The molecule has 2 rings (SSSR count). The molecule has 0 unspecified atom stereocenters. The van der Waals surface area contributed by atoms with Crippen LogP contribution in [0.25, 0.3) is 0 Å². The molecule has 0 aromatic carbocycles. The molecule has 10 heteroatoms. The van der Waals surface area contributed by atoms with Gasteiger partial charge in [-0.2, -0.15) is 4.58 Å². The van der Waals surface area contributed by atoms with E-state index in [-0.39, 0.29) is 46.5 Å². The lowest BCUT2D eigenvalue weighted by atomic mass is 9.86. The van der Waals surface area contributed by atoms with Crippen molar-refractivity contribution in [3.8, 4) is 0 Å². The standard InChI is InChI=1S/C50H84N2O6.2BrH/c1-6-9-11-13-15-17-19-21-23-25-27-29-31-33-38-57-49(54)46-42(4)51-43(5)47(48(46)44-36-35-37-52(40-44)41-45(53)56-8-3)50(55)58-39-34-32-30-28-26-24-22-20-18-16-14-12-10-7-2;;/h35,37,40H,6-34,36,38-39,41H2,1-5H3;2*1H. The summed E-state index contributed by atoms with van der Waals surface area (Å²) in [6, 6.07) is 0. The Morgan fingerprint density at radius 1 is 0.533 bits per heavy atom. The molecule has 0 atom stereocenters. The fourth-order valence-electron chi connectivity index (χ4n) is 8.13. The molecule has 0 radical (unpaired) electrons. The van der Waals surface area contributed by atoms with E-state index in [0.29, 0.717) is 43.0 Å². The number of allylic oxidation sites excluding steroid dienone is 4. The van der Waals surface area contributed by atoms with Crippen LogP contribution in [0.5, 0.6) is 0 Å². The smallest absolute Gasteiger partial charge is 0.372 e. The lowest BCUT2D eigenvalue weighted by Gasteiger charge is -2.23. The van der Waals surface area contributed by atoms with Crippen molar-refractivity contribution in [1.82, 2.24) is 0 Å². The number of halogens is 2. The van der Waals surface area contributed by atoms with E-state index in [0.717, 1.165) is 55.5 Å². The summed E-state index contributed by atoms with van der Waals surface area (Å²) in [5.74, 6) is -1.18. The largest absolute Gasteiger partial charge is 1.00 e. The average Bonchev–Trinajstić information content (AvgIpc) is 3.20. The Hall–Kier alpha value is -2.04. The molecule has 8 nitrogen and oxygen atoms in total. The maximum absolute atomic E-state index is 13.9. The number of nitrogens with two attached hydrogens (primary N) is 1. The van der Waals surface area contributed by atoms with Crippen LogP contribution in [0.2, 0.25) is 0 Å². The van der Waals surface area contributed by atoms with Gasteiger partial charge in [-0.15, -0.1) is 0 Å². The third-order valence-corrected chi connectivity index (χ3v) is 11.5. The minimum absolute atomic E-state index is 0. The number of unbranched alkanes of at least 4 members (excludes halogenated alkanes) is 26. The summed E-state index contributed by atoms with van der Waals surface area (Å²) in [7, 11) is 0. The van der Waals surface area contributed by atoms with E-state index in [1.165, 1.54) is 141 Å². The van der Waals surface area contributed by atoms with Crippen LogP contribution < -0.4 is 39.3 Å². The first-order valence-corrected chi connectivity index (χ1v) is 24.1. The highest BCUT2D eigenvalue weighted by Crippen LogP contribution is 2.32. The molecule has 0 fully saturated rings. The van der Waals surface area contributed by atoms with Crippen LogP contribution >= 0.6 is 0 Å². The molecule has 0 spiro atoms. The number of ether oxygens (including phenoxy) is 3. The Kier molecular flexibility index (Phi) is 37.3. The van der Waals surface area contributed by atoms with Gasteiger partial charge in [-0.05, 0) is 25.8 Å². The first kappa shape index (κ1) is 58.0. The maximum atomic E-state index is 13.9. The van der Waals surface area contributed by atoms with Crippen molar-refractivity contribution >= 4 is 24.1 Å². The summed E-state index contributed by atoms with van der Waals surface area (Å²) >= 11 is 0. The monoisotopic (exact) mass is 968 g/mol. The zero-order valence-corrected chi connectivity index (χ0v) is 42.0. The lowest BCUT2D eigenvalue weighted by Crippen LogP contribution is -3.00. The van der Waals surface area contributed by atoms with Crippen LogP contribution in [-0.2, 0) is 28.6 Å². The van der Waals surface area contributed by atoms with Gasteiger partial charge in [0.1, 0.15) is 22.5 Å². The molecule has 2 heterocycles. The van der Waals surface area contributed by atoms with Gasteiger partial charge in [0.25, 0.3) is 0 Å². The predicted octanol–water partition coefficient (Wildman–Crippen LogP) is 6.03. The molecule has 346 valence electrons. The van der Waals surface area contributed by atoms with E-state index in [1.807, 2.05) is 37.7 Å².